The van der Waals surface area contributed by atoms with Gasteiger partial charge in [-0.3, -0.25) is 9.80 Å². The molecule has 3 heterocycles. The summed E-state index contributed by atoms with van der Waals surface area (Å²) >= 11 is 1.89. The number of hydrogen-bond donors (Lipinski definition) is 0. The highest BCUT2D eigenvalue weighted by Gasteiger charge is 2.41. The lowest BCUT2D eigenvalue weighted by Crippen LogP contribution is -2.45. The number of thiophene rings is 1. The van der Waals surface area contributed by atoms with Crippen molar-refractivity contribution in [3.63, 3.8) is 0 Å². The largest absolute Gasteiger partial charge is 0.308 e. The zero-order valence-corrected chi connectivity index (χ0v) is 13.8. The summed E-state index contributed by atoms with van der Waals surface area (Å²) in [6.45, 7) is 4.91. The van der Waals surface area contributed by atoms with E-state index in [-0.39, 0.29) is 0 Å². The first-order chi connectivity index (χ1) is 9.63. The molecule has 0 saturated carbocycles. The van der Waals surface area contributed by atoms with E-state index in [0.717, 1.165) is 24.5 Å². The molecule has 1 aromatic rings. The van der Waals surface area contributed by atoms with Crippen molar-refractivity contribution in [3.8, 4) is 0 Å². The van der Waals surface area contributed by atoms with Gasteiger partial charge < -0.3 is 4.90 Å². The van der Waals surface area contributed by atoms with Gasteiger partial charge in [0.15, 0.2) is 0 Å². The van der Waals surface area contributed by atoms with Crippen LogP contribution in [0.1, 0.15) is 17.7 Å². The van der Waals surface area contributed by atoms with E-state index in [2.05, 4.69) is 53.4 Å². The summed E-state index contributed by atoms with van der Waals surface area (Å²) in [4.78, 5) is 9.17. The first kappa shape index (κ1) is 14.5. The maximum absolute atomic E-state index is 2.67. The van der Waals surface area contributed by atoms with Crippen molar-refractivity contribution < 1.29 is 0 Å². The van der Waals surface area contributed by atoms with Crippen molar-refractivity contribution in [1.82, 2.24) is 14.7 Å². The van der Waals surface area contributed by atoms with Crippen LogP contribution in [0.25, 0.3) is 0 Å². The van der Waals surface area contributed by atoms with E-state index in [1.807, 2.05) is 11.3 Å². The van der Waals surface area contributed by atoms with Crippen molar-refractivity contribution in [2.45, 2.75) is 31.5 Å². The van der Waals surface area contributed by atoms with Gasteiger partial charge in [0.05, 0.1) is 0 Å². The number of hydrogen-bond acceptors (Lipinski definition) is 4. The highest BCUT2D eigenvalue weighted by Crippen LogP contribution is 2.35. The molecule has 0 aromatic carbocycles. The van der Waals surface area contributed by atoms with E-state index < -0.39 is 0 Å². The highest BCUT2D eigenvalue weighted by molar-refractivity contribution is 7.09. The fourth-order valence-corrected chi connectivity index (χ4v) is 4.79. The Hall–Kier alpha value is -0.420. The number of nitrogens with zero attached hydrogens (tertiary/aromatic N) is 3. The van der Waals surface area contributed by atoms with Crippen molar-refractivity contribution >= 4 is 11.3 Å². The Bertz CT molecular complexity index is 417. The number of likely N-dealkylation sites (N-methyl/N-ethyl adjacent to an activating group) is 2. The molecule has 1 aromatic heterocycles. The van der Waals surface area contributed by atoms with Crippen LogP contribution in [0.15, 0.2) is 17.5 Å². The van der Waals surface area contributed by atoms with E-state index in [0.29, 0.717) is 0 Å². The molecule has 2 aliphatic rings. The van der Waals surface area contributed by atoms with Gasteiger partial charge in [-0.15, -0.1) is 11.3 Å². The van der Waals surface area contributed by atoms with Crippen molar-refractivity contribution in [1.29, 1.82) is 0 Å². The van der Waals surface area contributed by atoms with E-state index in [1.54, 1.807) is 0 Å². The summed E-state index contributed by atoms with van der Waals surface area (Å²) in [6, 6.07) is 6.01. The Morgan fingerprint density at radius 3 is 2.95 bits per heavy atom. The van der Waals surface area contributed by atoms with Crippen molar-refractivity contribution in [3.05, 3.63) is 22.4 Å². The van der Waals surface area contributed by atoms with Crippen LogP contribution in [0.4, 0.5) is 0 Å². The van der Waals surface area contributed by atoms with Crippen LogP contribution in [0, 0.1) is 5.92 Å². The quantitative estimate of drug-likeness (QED) is 0.843. The second-order valence-electron chi connectivity index (χ2n) is 6.75. The molecule has 0 radical (unpaired) electrons. The molecule has 2 unspecified atom stereocenters. The fourth-order valence-electron chi connectivity index (χ4n) is 4.04. The molecular formula is C16H27N3S. The molecule has 20 heavy (non-hydrogen) atoms. The van der Waals surface area contributed by atoms with Crippen LogP contribution in [-0.4, -0.2) is 67.6 Å². The van der Waals surface area contributed by atoms with Crippen molar-refractivity contribution in [2.75, 3.05) is 40.8 Å². The van der Waals surface area contributed by atoms with Crippen LogP contribution in [0.3, 0.4) is 0 Å². The number of fused-ring (bicyclic) bond motifs is 1. The average molecular weight is 293 g/mol. The zero-order chi connectivity index (χ0) is 14.1. The first-order valence-corrected chi connectivity index (χ1v) is 8.63. The van der Waals surface area contributed by atoms with Gasteiger partial charge in [-0.05, 0) is 51.3 Å². The average Bonchev–Trinajstić information content (AvgIpc) is 2.99. The third kappa shape index (κ3) is 3.08. The number of rotatable bonds is 4. The fraction of sp³-hybridized carbons (Fsp3) is 0.750. The summed E-state index contributed by atoms with van der Waals surface area (Å²) < 4.78 is 0. The number of piperidine rings is 1. The Morgan fingerprint density at radius 1 is 1.40 bits per heavy atom. The molecule has 0 aliphatic carbocycles. The third-order valence-corrected chi connectivity index (χ3v) is 5.85. The van der Waals surface area contributed by atoms with Crippen LogP contribution in [0.5, 0.6) is 0 Å². The zero-order valence-electron chi connectivity index (χ0n) is 13.0. The van der Waals surface area contributed by atoms with Gasteiger partial charge in [-0.25, -0.2) is 0 Å². The van der Waals surface area contributed by atoms with Gasteiger partial charge in [0.1, 0.15) is 0 Å². The monoisotopic (exact) mass is 293 g/mol. The SMILES string of the molecule is CN(C)C[C@@H]1CC2CN(Cc3cccs3)CCC2N1C. The van der Waals surface area contributed by atoms with Gasteiger partial charge in [0.2, 0.25) is 0 Å². The molecule has 2 saturated heterocycles. The lowest BCUT2D eigenvalue weighted by molar-refractivity contribution is 0.109. The summed E-state index contributed by atoms with van der Waals surface area (Å²) in [7, 11) is 6.73. The first-order valence-electron chi connectivity index (χ1n) is 7.75. The minimum absolute atomic E-state index is 0.752. The van der Waals surface area contributed by atoms with Gasteiger partial charge >= 0.3 is 0 Å². The Morgan fingerprint density at radius 2 is 2.25 bits per heavy atom. The lowest BCUT2D eigenvalue weighted by Gasteiger charge is -2.37. The molecule has 0 bridgehead atoms. The van der Waals surface area contributed by atoms with Gasteiger partial charge in [-0.1, -0.05) is 6.07 Å². The smallest absolute Gasteiger partial charge is 0.0328 e. The van der Waals surface area contributed by atoms with E-state index in [1.165, 1.54) is 37.4 Å². The molecule has 3 nitrogen and oxygen atoms in total. The van der Waals surface area contributed by atoms with E-state index in [4.69, 9.17) is 0 Å². The maximum atomic E-state index is 2.67. The summed E-state index contributed by atoms with van der Waals surface area (Å²) in [5.41, 5.74) is 0. The Labute approximate surface area is 127 Å². The molecule has 2 aliphatic heterocycles. The molecule has 3 rings (SSSR count). The van der Waals surface area contributed by atoms with E-state index >= 15 is 0 Å². The number of likely N-dealkylation sites (tertiary alicyclic amines) is 2. The normalized spacial score (nSPS) is 31.9. The molecule has 112 valence electrons. The third-order valence-electron chi connectivity index (χ3n) is 4.99. The predicted octanol–water partition coefficient (Wildman–Crippen LogP) is 2.20. The van der Waals surface area contributed by atoms with Gasteiger partial charge in [-0.2, -0.15) is 0 Å². The summed E-state index contributed by atoms with van der Waals surface area (Å²) in [6.07, 6.45) is 2.72. The molecule has 2 fully saturated rings. The van der Waals surface area contributed by atoms with E-state index in [9.17, 15) is 0 Å². The minimum Gasteiger partial charge on any atom is -0.308 e. The molecular weight excluding hydrogens is 266 g/mol. The molecule has 0 amide bonds. The highest BCUT2D eigenvalue weighted by atomic mass is 32.1. The van der Waals surface area contributed by atoms with Gasteiger partial charge in [0.25, 0.3) is 0 Å². The molecule has 4 heteroatoms. The minimum atomic E-state index is 0.752. The Kier molecular flexibility index (Phi) is 4.46. The topological polar surface area (TPSA) is 9.72 Å². The summed E-state index contributed by atoms with van der Waals surface area (Å²) in [5, 5.41) is 2.19. The van der Waals surface area contributed by atoms with Crippen LogP contribution >= 0.6 is 11.3 Å². The second-order valence-corrected chi connectivity index (χ2v) is 7.78. The van der Waals surface area contributed by atoms with Crippen LogP contribution in [0.2, 0.25) is 0 Å². The van der Waals surface area contributed by atoms with Crippen molar-refractivity contribution in [2.24, 2.45) is 5.92 Å². The molecule has 0 N–H and O–H groups in total. The lowest BCUT2D eigenvalue weighted by atomic mass is 9.92. The molecule has 3 atom stereocenters. The van der Waals surface area contributed by atoms with Crippen LogP contribution in [-0.2, 0) is 6.54 Å². The maximum Gasteiger partial charge on any atom is 0.0328 e. The predicted molar refractivity (Wildman–Crippen MR) is 86.2 cm³/mol. The van der Waals surface area contributed by atoms with Crippen LogP contribution < -0.4 is 0 Å². The Balaban J connectivity index is 1.58. The molecule has 0 spiro atoms. The second kappa shape index (κ2) is 6.14. The summed E-state index contributed by atoms with van der Waals surface area (Å²) in [5.74, 6) is 0.874. The van der Waals surface area contributed by atoms with Gasteiger partial charge in [0, 0.05) is 43.1 Å². The standard InChI is InChI=1S/C16H27N3S/c1-17(2)11-14-9-13-10-19(7-6-16(13)18(14)3)12-15-5-4-8-20-15/h4-5,8,13-14,16H,6-7,9-12H2,1-3H3/t13?,14-,16?/m0/s1.